The lowest BCUT2D eigenvalue weighted by Gasteiger charge is -2.28. The van der Waals surface area contributed by atoms with E-state index in [4.69, 9.17) is 0 Å². The van der Waals surface area contributed by atoms with Gasteiger partial charge in [0, 0.05) is 23.6 Å². The first-order valence-electron chi connectivity index (χ1n) is 3.64. The lowest BCUT2D eigenvalue weighted by molar-refractivity contribution is 0.583. The molecule has 2 atom stereocenters. The van der Waals surface area contributed by atoms with Crippen molar-refractivity contribution in [1.82, 2.24) is 5.32 Å². The molecular weight excluding hydrogens is 142 g/mol. The van der Waals surface area contributed by atoms with Crippen LogP contribution in [0.25, 0.3) is 0 Å². The Kier molecular flexibility index (Phi) is 1.82. The smallest absolute Gasteiger partial charge is 0.0424 e. The zero-order valence-corrected chi connectivity index (χ0v) is 6.60. The van der Waals surface area contributed by atoms with Gasteiger partial charge in [0.1, 0.15) is 0 Å². The van der Waals surface area contributed by atoms with Gasteiger partial charge >= 0.3 is 0 Å². The first kappa shape index (κ1) is 6.50. The Bertz CT molecular complexity index is 154. The van der Waals surface area contributed by atoms with Gasteiger partial charge < -0.3 is 5.32 Å². The molecule has 54 valence electrons. The third-order valence-electron chi connectivity index (χ3n) is 1.95. The number of hydrogen-bond acceptors (Lipinski definition) is 2. The molecule has 1 aliphatic carbocycles. The van der Waals surface area contributed by atoms with Crippen molar-refractivity contribution < 1.29 is 0 Å². The fourth-order valence-corrected chi connectivity index (χ4v) is 2.44. The van der Waals surface area contributed by atoms with E-state index in [9.17, 15) is 0 Å². The van der Waals surface area contributed by atoms with Crippen molar-refractivity contribution >= 4 is 11.8 Å². The van der Waals surface area contributed by atoms with Gasteiger partial charge in [0.15, 0.2) is 0 Å². The quantitative estimate of drug-likeness (QED) is 0.564. The van der Waals surface area contributed by atoms with Crippen LogP contribution in [0.3, 0.4) is 0 Å². The topological polar surface area (TPSA) is 12.0 Å². The van der Waals surface area contributed by atoms with E-state index in [0.717, 1.165) is 23.6 Å². The molecule has 2 aliphatic rings. The molecule has 0 radical (unpaired) electrons. The minimum atomic E-state index is 0.740. The highest BCUT2D eigenvalue weighted by Crippen LogP contribution is 2.27. The van der Waals surface area contributed by atoms with Gasteiger partial charge in [0.25, 0.3) is 0 Å². The summed E-state index contributed by atoms with van der Waals surface area (Å²) in [5.74, 6) is 1.85. The highest BCUT2D eigenvalue weighted by Gasteiger charge is 2.21. The Balaban J connectivity index is 2.09. The third kappa shape index (κ3) is 1.13. The van der Waals surface area contributed by atoms with Crippen molar-refractivity contribution in [2.24, 2.45) is 5.92 Å². The maximum absolute atomic E-state index is 3.36. The van der Waals surface area contributed by atoms with E-state index in [1.807, 2.05) is 11.8 Å². The maximum atomic E-state index is 3.36. The van der Waals surface area contributed by atoms with Crippen LogP contribution in [0, 0.1) is 5.92 Å². The van der Waals surface area contributed by atoms with Crippen LogP contribution in [0.2, 0.25) is 0 Å². The van der Waals surface area contributed by atoms with Crippen molar-refractivity contribution in [2.75, 3.05) is 12.4 Å². The average molecular weight is 153 g/mol. The van der Waals surface area contributed by atoms with Crippen LogP contribution < -0.4 is 5.32 Å². The summed E-state index contributed by atoms with van der Waals surface area (Å²) in [6, 6.07) is 0. The van der Waals surface area contributed by atoms with E-state index in [0.29, 0.717) is 0 Å². The second-order valence-corrected chi connectivity index (χ2v) is 3.83. The molecular formula is C8H11NS. The van der Waals surface area contributed by atoms with E-state index in [1.165, 1.54) is 0 Å². The largest absolute Gasteiger partial charge is 0.307 e. The molecule has 0 aromatic heterocycles. The second kappa shape index (κ2) is 2.81. The molecule has 2 heteroatoms. The van der Waals surface area contributed by atoms with Crippen molar-refractivity contribution in [3.8, 4) is 0 Å². The summed E-state index contributed by atoms with van der Waals surface area (Å²) in [4.78, 5) is 0. The van der Waals surface area contributed by atoms with Gasteiger partial charge in [-0.15, -0.1) is 11.8 Å². The monoisotopic (exact) mass is 153 g/mol. The molecule has 0 spiro atoms. The second-order valence-electron chi connectivity index (χ2n) is 2.66. The molecule has 0 saturated carbocycles. The van der Waals surface area contributed by atoms with E-state index in [2.05, 4.69) is 29.6 Å². The number of allylic oxidation sites excluding steroid dienone is 2. The predicted octanol–water partition coefficient (Wildman–Crippen LogP) is 1.39. The molecule has 0 aromatic carbocycles. The fraction of sp³-hybridized carbons (Fsp3) is 0.500. The van der Waals surface area contributed by atoms with Crippen LogP contribution in [0.4, 0.5) is 0 Å². The molecule has 0 bridgehead atoms. The van der Waals surface area contributed by atoms with Crippen molar-refractivity contribution in [2.45, 2.75) is 5.25 Å². The Morgan fingerprint density at radius 1 is 1.30 bits per heavy atom. The van der Waals surface area contributed by atoms with Gasteiger partial charge in [0.05, 0.1) is 0 Å². The van der Waals surface area contributed by atoms with Gasteiger partial charge in [-0.05, 0) is 0 Å². The molecule has 10 heavy (non-hydrogen) atoms. The van der Waals surface area contributed by atoms with Crippen LogP contribution in [0.15, 0.2) is 24.3 Å². The summed E-state index contributed by atoms with van der Waals surface area (Å²) in [5.41, 5.74) is 0. The van der Waals surface area contributed by atoms with E-state index in [1.54, 1.807) is 0 Å². The van der Waals surface area contributed by atoms with Crippen LogP contribution in [0.1, 0.15) is 0 Å². The van der Waals surface area contributed by atoms with Crippen LogP contribution in [0.5, 0.6) is 0 Å². The SMILES string of the molecule is C1=CC2CNCSC2C=C1. The van der Waals surface area contributed by atoms with E-state index in [-0.39, 0.29) is 0 Å². The van der Waals surface area contributed by atoms with Crippen molar-refractivity contribution in [3.05, 3.63) is 24.3 Å². The highest BCUT2D eigenvalue weighted by molar-refractivity contribution is 8.00. The third-order valence-corrected chi connectivity index (χ3v) is 3.21. The molecule has 1 fully saturated rings. The minimum absolute atomic E-state index is 0.740. The summed E-state index contributed by atoms with van der Waals surface area (Å²) in [7, 11) is 0. The number of thioether (sulfide) groups is 1. The summed E-state index contributed by atoms with van der Waals surface area (Å²) >= 11 is 2.00. The van der Waals surface area contributed by atoms with Crippen molar-refractivity contribution in [3.63, 3.8) is 0 Å². The Morgan fingerprint density at radius 2 is 2.20 bits per heavy atom. The normalized spacial score (nSPS) is 37.6. The molecule has 1 nitrogen and oxygen atoms in total. The standard InChI is InChI=1S/C8H11NS/c1-2-4-8-7(3-1)5-9-6-10-8/h1-4,7-9H,5-6H2. The predicted molar refractivity (Wildman–Crippen MR) is 46.0 cm³/mol. The zero-order valence-electron chi connectivity index (χ0n) is 5.79. The zero-order chi connectivity index (χ0) is 6.81. The number of nitrogens with one attached hydrogen (secondary N) is 1. The van der Waals surface area contributed by atoms with Crippen molar-refractivity contribution in [1.29, 1.82) is 0 Å². The lowest BCUT2D eigenvalue weighted by Crippen LogP contribution is -2.34. The van der Waals surface area contributed by atoms with Gasteiger partial charge in [-0.1, -0.05) is 24.3 Å². The van der Waals surface area contributed by atoms with Gasteiger partial charge in [0.2, 0.25) is 0 Å². The van der Waals surface area contributed by atoms with E-state index >= 15 is 0 Å². The van der Waals surface area contributed by atoms with Crippen LogP contribution in [-0.2, 0) is 0 Å². The average Bonchev–Trinajstić information content (AvgIpc) is 2.05. The number of fused-ring (bicyclic) bond motifs is 1. The molecule has 2 rings (SSSR count). The highest BCUT2D eigenvalue weighted by atomic mass is 32.2. The Hall–Kier alpha value is -0.210. The number of rotatable bonds is 0. The van der Waals surface area contributed by atoms with Crippen LogP contribution in [-0.4, -0.2) is 17.7 Å². The number of hydrogen-bond donors (Lipinski definition) is 1. The lowest BCUT2D eigenvalue weighted by atomic mass is 10.0. The molecule has 0 amide bonds. The summed E-state index contributed by atoms with van der Waals surface area (Å²) in [5, 5.41) is 4.10. The van der Waals surface area contributed by atoms with Gasteiger partial charge in [-0.25, -0.2) is 0 Å². The molecule has 2 unspecified atom stereocenters. The van der Waals surface area contributed by atoms with Gasteiger partial charge in [-0.3, -0.25) is 0 Å². The molecule has 1 N–H and O–H groups in total. The molecule has 1 heterocycles. The molecule has 1 aliphatic heterocycles. The molecule has 0 aromatic rings. The van der Waals surface area contributed by atoms with E-state index < -0.39 is 0 Å². The first-order valence-corrected chi connectivity index (χ1v) is 4.69. The maximum Gasteiger partial charge on any atom is 0.0424 e. The molecule has 1 saturated heterocycles. The first-order chi connectivity index (χ1) is 4.97. The van der Waals surface area contributed by atoms with Crippen LogP contribution >= 0.6 is 11.8 Å². The Morgan fingerprint density at radius 3 is 3.10 bits per heavy atom. The minimum Gasteiger partial charge on any atom is -0.307 e. The fourth-order valence-electron chi connectivity index (χ4n) is 1.38. The van der Waals surface area contributed by atoms with Gasteiger partial charge in [-0.2, -0.15) is 0 Å². The Labute approximate surface area is 65.6 Å². The summed E-state index contributed by atoms with van der Waals surface area (Å²) in [6.07, 6.45) is 8.90. The summed E-state index contributed by atoms with van der Waals surface area (Å²) < 4.78 is 0. The summed E-state index contributed by atoms with van der Waals surface area (Å²) in [6.45, 7) is 1.15.